The Morgan fingerprint density at radius 1 is 1.10 bits per heavy atom. The first-order valence-corrected chi connectivity index (χ1v) is 9.47. The van der Waals surface area contributed by atoms with Crippen molar-refractivity contribution in [3.05, 3.63) is 78.2 Å². The summed E-state index contributed by atoms with van der Waals surface area (Å²) in [6.07, 6.45) is 5.20. The second-order valence-corrected chi connectivity index (χ2v) is 6.60. The SMILES string of the molecule is CC(=O)N(CCC#N)c1ccc(-c2ccc(C(=O)NCc3cccnc3)cn2)cc1. The lowest BCUT2D eigenvalue weighted by Gasteiger charge is -2.20. The van der Waals surface area contributed by atoms with Crippen LogP contribution < -0.4 is 10.2 Å². The molecule has 0 saturated heterocycles. The van der Waals surface area contributed by atoms with Crippen LogP contribution in [0.25, 0.3) is 11.3 Å². The fraction of sp³-hybridized carbons (Fsp3) is 0.174. The summed E-state index contributed by atoms with van der Waals surface area (Å²) >= 11 is 0. The summed E-state index contributed by atoms with van der Waals surface area (Å²) in [5.74, 6) is -0.319. The fourth-order valence-electron chi connectivity index (χ4n) is 2.93. The van der Waals surface area contributed by atoms with E-state index in [-0.39, 0.29) is 18.2 Å². The van der Waals surface area contributed by atoms with Crippen LogP contribution in [-0.4, -0.2) is 28.3 Å². The van der Waals surface area contributed by atoms with Gasteiger partial charge in [-0.15, -0.1) is 0 Å². The van der Waals surface area contributed by atoms with Crippen molar-refractivity contribution < 1.29 is 9.59 Å². The van der Waals surface area contributed by atoms with Crippen LogP contribution in [0.3, 0.4) is 0 Å². The number of benzene rings is 1. The summed E-state index contributed by atoms with van der Waals surface area (Å²) in [4.78, 5) is 34.1. The number of pyridine rings is 2. The Morgan fingerprint density at radius 2 is 1.90 bits per heavy atom. The molecule has 0 unspecified atom stereocenters. The molecule has 3 aromatic rings. The number of anilines is 1. The highest BCUT2D eigenvalue weighted by molar-refractivity contribution is 5.94. The van der Waals surface area contributed by atoms with Crippen LogP contribution in [0.1, 0.15) is 29.3 Å². The Bertz CT molecular complexity index is 1040. The molecule has 1 aromatic carbocycles. The quantitative estimate of drug-likeness (QED) is 0.657. The smallest absolute Gasteiger partial charge is 0.253 e. The molecule has 0 atom stereocenters. The molecule has 30 heavy (non-hydrogen) atoms. The van der Waals surface area contributed by atoms with Crippen molar-refractivity contribution in [1.29, 1.82) is 5.26 Å². The zero-order valence-corrected chi connectivity index (χ0v) is 16.6. The van der Waals surface area contributed by atoms with E-state index in [0.29, 0.717) is 18.7 Å². The second-order valence-electron chi connectivity index (χ2n) is 6.60. The van der Waals surface area contributed by atoms with Gasteiger partial charge in [0.1, 0.15) is 0 Å². The summed E-state index contributed by atoms with van der Waals surface area (Å²) in [6.45, 7) is 2.23. The van der Waals surface area contributed by atoms with E-state index >= 15 is 0 Å². The summed E-state index contributed by atoms with van der Waals surface area (Å²) < 4.78 is 0. The Morgan fingerprint density at radius 3 is 2.50 bits per heavy atom. The summed E-state index contributed by atoms with van der Waals surface area (Å²) in [5.41, 5.74) is 3.71. The van der Waals surface area contributed by atoms with E-state index in [1.807, 2.05) is 36.4 Å². The Hall–Kier alpha value is -4.05. The predicted molar refractivity (Wildman–Crippen MR) is 113 cm³/mol. The standard InChI is InChI=1S/C23H21N5O2/c1-17(29)28(13-3-11-24)21-8-5-19(6-9-21)22-10-7-20(16-26-22)23(30)27-15-18-4-2-12-25-14-18/h2,4-10,12,14,16H,3,13,15H2,1H3,(H,27,30). The van der Waals surface area contributed by atoms with E-state index in [0.717, 1.165) is 22.5 Å². The van der Waals surface area contributed by atoms with Crippen LogP contribution in [0.15, 0.2) is 67.1 Å². The zero-order valence-electron chi connectivity index (χ0n) is 16.6. The number of hydrogen-bond donors (Lipinski definition) is 1. The van der Waals surface area contributed by atoms with Crippen molar-refractivity contribution in [3.8, 4) is 17.3 Å². The van der Waals surface area contributed by atoms with Crippen LogP contribution in [0.4, 0.5) is 5.69 Å². The number of nitrogens with one attached hydrogen (secondary N) is 1. The average molecular weight is 399 g/mol. The monoisotopic (exact) mass is 399 g/mol. The molecular weight excluding hydrogens is 378 g/mol. The third-order valence-electron chi connectivity index (χ3n) is 4.50. The molecule has 7 nitrogen and oxygen atoms in total. The number of carbonyl (C=O) groups is 2. The molecule has 150 valence electrons. The van der Waals surface area contributed by atoms with Gasteiger partial charge in [0.05, 0.1) is 23.7 Å². The van der Waals surface area contributed by atoms with Gasteiger partial charge in [0.15, 0.2) is 0 Å². The zero-order chi connectivity index (χ0) is 21.3. The van der Waals surface area contributed by atoms with Gasteiger partial charge in [-0.3, -0.25) is 19.6 Å². The van der Waals surface area contributed by atoms with Crippen molar-refractivity contribution >= 4 is 17.5 Å². The lowest BCUT2D eigenvalue weighted by atomic mass is 10.1. The largest absolute Gasteiger partial charge is 0.348 e. The summed E-state index contributed by atoms with van der Waals surface area (Å²) in [5, 5.41) is 11.6. The van der Waals surface area contributed by atoms with Crippen LogP contribution in [-0.2, 0) is 11.3 Å². The number of rotatable bonds is 7. The molecule has 0 spiro atoms. The number of carbonyl (C=O) groups excluding carboxylic acids is 2. The molecule has 0 aliphatic rings. The topological polar surface area (TPSA) is 99.0 Å². The van der Waals surface area contributed by atoms with E-state index in [9.17, 15) is 9.59 Å². The Kier molecular flexibility index (Phi) is 6.85. The molecule has 0 aliphatic carbocycles. The van der Waals surface area contributed by atoms with Crippen LogP contribution in [0.5, 0.6) is 0 Å². The van der Waals surface area contributed by atoms with Crippen molar-refractivity contribution in [2.45, 2.75) is 19.9 Å². The molecule has 0 radical (unpaired) electrons. The predicted octanol–water partition coefficient (Wildman–Crippen LogP) is 3.34. The van der Waals surface area contributed by atoms with Crippen molar-refractivity contribution in [3.63, 3.8) is 0 Å². The van der Waals surface area contributed by atoms with Crippen LogP contribution >= 0.6 is 0 Å². The van der Waals surface area contributed by atoms with Crippen molar-refractivity contribution in [2.75, 3.05) is 11.4 Å². The van der Waals surface area contributed by atoms with Gasteiger partial charge in [0.25, 0.3) is 5.91 Å². The van der Waals surface area contributed by atoms with Gasteiger partial charge < -0.3 is 10.2 Å². The van der Waals surface area contributed by atoms with Gasteiger partial charge in [-0.1, -0.05) is 18.2 Å². The minimum absolute atomic E-state index is 0.113. The highest BCUT2D eigenvalue weighted by atomic mass is 16.2. The van der Waals surface area contributed by atoms with E-state index in [4.69, 9.17) is 5.26 Å². The molecule has 7 heteroatoms. The first-order chi connectivity index (χ1) is 14.6. The maximum absolute atomic E-state index is 12.3. The maximum atomic E-state index is 12.3. The van der Waals surface area contributed by atoms with Crippen molar-refractivity contribution in [2.24, 2.45) is 0 Å². The van der Waals surface area contributed by atoms with Gasteiger partial charge >= 0.3 is 0 Å². The molecule has 0 bridgehead atoms. The average Bonchev–Trinajstić information content (AvgIpc) is 2.79. The first kappa shape index (κ1) is 20.7. The fourth-order valence-corrected chi connectivity index (χ4v) is 2.93. The Labute approximate surface area is 175 Å². The lowest BCUT2D eigenvalue weighted by molar-refractivity contribution is -0.116. The molecule has 2 amide bonds. The van der Waals surface area contributed by atoms with Gasteiger partial charge in [-0.05, 0) is 35.9 Å². The highest BCUT2D eigenvalue weighted by Gasteiger charge is 2.12. The van der Waals surface area contributed by atoms with Crippen LogP contribution in [0, 0.1) is 11.3 Å². The highest BCUT2D eigenvalue weighted by Crippen LogP contribution is 2.22. The minimum Gasteiger partial charge on any atom is -0.348 e. The van der Waals surface area contributed by atoms with Gasteiger partial charge in [0, 0.05) is 49.9 Å². The number of nitriles is 1. The van der Waals surface area contributed by atoms with E-state index in [1.165, 1.54) is 13.1 Å². The van der Waals surface area contributed by atoms with E-state index in [2.05, 4.69) is 21.4 Å². The molecule has 1 N–H and O–H groups in total. The minimum atomic E-state index is -0.206. The number of aromatic nitrogens is 2. The molecular formula is C23H21N5O2. The third kappa shape index (κ3) is 5.26. The molecule has 0 aliphatic heterocycles. The van der Waals surface area contributed by atoms with Gasteiger partial charge in [0.2, 0.25) is 5.91 Å². The molecule has 2 aromatic heterocycles. The second kappa shape index (κ2) is 9.94. The third-order valence-corrected chi connectivity index (χ3v) is 4.50. The van der Waals surface area contributed by atoms with E-state index in [1.54, 1.807) is 29.4 Å². The molecule has 0 saturated carbocycles. The Balaban J connectivity index is 1.66. The normalized spacial score (nSPS) is 10.1. The van der Waals surface area contributed by atoms with Gasteiger partial charge in [-0.2, -0.15) is 5.26 Å². The first-order valence-electron chi connectivity index (χ1n) is 9.47. The van der Waals surface area contributed by atoms with E-state index < -0.39 is 0 Å². The molecule has 3 rings (SSSR count). The summed E-state index contributed by atoms with van der Waals surface area (Å²) in [7, 11) is 0. The number of amides is 2. The molecule has 2 heterocycles. The van der Waals surface area contributed by atoms with Gasteiger partial charge in [-0.25, -0.2) is 0 Å². The number of nitrogens with zero attached hydrogens (tertiary/aromatic N) is 4. The molecule has 0 fully saturated rings. The van der Waals surface area contributed by atoms with Crippen LogP contribution in [0.2, 0.25) is 0 Å². The summed E-state index contributed by atoms with van der Waals surface area (Å²) in [6, 6.07) is 16.7. The number of hydrogen-bond acceptors (Lipinski definition) is 5. The maximum Gasteiger partial charge on any atom is 0.253 e. The van der Waals surface area contributed by atoms with Crippen molar-refractivity contribution in [1.82, 2.24) is 15.3 Å². The lowest BCUT2D eigenvalue weighted by Crippen LogP contribution is -2.29.